The number of fused-ring (bicyclic) bond motifs is 1. The molecule has 1 aromatic heterocycles. The van der Waals surface area contributed by atoms with Gasteiger partial charge in [0.2, 0.25) is 6.54 Å². The first kappa shape index (κ1) is 18.8. The summed E-state index contributed by atoms with van der Waals surface area (Å²) < 4.78 is 11.6. The summed E-state index contributed by atoms with van der Waals surface area (Å²) in [4.78, 5) is 14.2. The molecule has 138 valence electrons. The van der Waals surface area contributed by atoms with Crippen LogP contribution in [0.1, 0.15) is 17.0 Å². The molecule has 3 rings (SSSR count). The van der Waals surface area contributed by atoms with Crippen molar-refractivity contribution in [3.8, 4) is 23.8 Å². The number of methoxy groups -OCH3 is 1. The molecular weight excluding hydrogens is 412 g/mol. The number of ether oxygens (including phenoxy) is 2. The molecule has 0 aliphatic carbocycles. The number of aromatic nitrogens is 1. The van der Waals surface area contributed by atoms with Crippen LogP contribution in [0.5, 0.6) is 11.5 Å². The van der Waals surface area contributed by atoms with Crippen molar-refractivity contribution in [1.82, 2.24) is 4.98 Å². The predicted octanol–water partition coefficient (Wildman–Crippen LogP) is 4.36. The number of nitro groups is 1. The molecule has 0 saturated heterocycles. The molecule has 0 amide bonds. The fourth-order valence-electron chi connectivity index (χ4n) is 3.11. The third-order valence-corrected chi connectivity index (χ3v) is 4.87. The van der Waals surface area contributed by atoms with Crippen molar-refractivity contribution in [2.45, 2.75) is 5.92 Å². The molecule has 0 bridgehead atoms. The number of hydrogen-bond donors (Lipinski definition) is 1. The van der Waals surface area contributed by atoms with Crippen molar-refractivity contribution >= 4 is 26.8 Å². The first-order valence-electron chi connectivity index (χ1n) is 8.16. The third-order valence-electron chi connectivity index (χ3n) is 4.28. The molecule has 7 heteroatoms. The molecule has 1 heterocycles. The fraction of sp³-hybridized carbons (Fsp3) is 0.200. The van der Waals surface area contributed by atoms with Crippen molar-refractivity contribution in [2.24, 2.45) is 0 Å². The standard InChI is InChI=1S/C20H17BrN2O4/c1-3-8-27-20-17(21)9-13(10-19(20)26-2)16(12-23(24)25)15-11-22-18-7-5-4-6-14(15)18/h1,4-7,9-11,16,22H,8,12H2,2H3/t16-/m1/s1. The van der Waals surface area contributed by atoms with E-state index in [1.165, 1.54) is 7.11 Å². The van der Waals surface area contributed by atoms with Gasteiger partial charge in [-0.1, -0.05) is 24.1 Å². The minimum atomic E-state index is -0.456. The van der Waals surface area contributed by atoms with Crippen LogP contribution in [0.2, 0.25) is 0 Å². The fourth-order valence-corrected chi connectivity index (χ4v) is 3.68. The quantitative estimate of drug-likeness (QED) is 0.344. The monoisotopic (exact) mass is 428 g/mol. The zero-order valence-electron chi connectivity index (χ0n) is 14.6. The highest BCUT2D eigenvalue weighted by molar-refractivity contribution is 9.10. The summed E-state index contributed by atoms with van der Waals surface area (Å²) in [6, 6.07) is 11.3. The van der Waals surface area contributed by atoms with Crippen LogP contribution in [0, 0.1) is 22.5 Å². The molecule has 0 fully saturated rings. The Balaban J connectivity index is 2.12. The van der Waals surface area contributed by atoms with Gasteiger partial charge in [0, 0.05) is 22.0 Å². The van der Waals surface area contributed by atoms with E-state index in [9.17, 15) is 10.1 Å². The van der Waals surface area contributed by atoms with Crippen LogP contribution in [0.15, 0.2) is 47.1 Å². The number of halogens is 1. The van der Waals surface area contributed by atoms with Gasteiger partial charge in [-0.2, -0.15) is 0 Å². The second-order valence-corrected chi connectivity index (χ2v) is 6.74. The maximum Gasteiger partial charge on any atom is 0.214 e. The van der Waals surface area contributed by atoms with Crippen LogP contribution in [-0.2, 0) is 0 Å². The number of benzene rings is 2. The van der Waals surface area contributed by atoms with Crippen molar-refractivity contribution in [2.75, 3.05) is 20.3 Å². The van der Waals surface area contributed by atoms with E-state index in [4.69, 9.17) is 15.9 Å². The molecule has 0 unspecified atom stereocenters. The molecule has 0 aliphatic rings. The average Bonchev–Trinajstić information content (AvgIpc) is 3.08. The average molecular weight is 429 g/mol. The van der Waals surface area contributed by atoms with Gasteiger partial charge in [-0.05, 0) is 45.3 Å². The largest absolute Gasteiger partial charge is 0.493 e. The Morgan fingerprint density at radius 3 is 2.85 bits per heavy atom. The van der Waals surface area contributed by atoms with Crippen LogP contribution >= 0.6 is 15.9 Å². The van der Waals surface area contributed by atoms with Crippen molar-refractivity contribution in [3.05, 3.63) is 68.3 Å². The topological polar surface area (TPSA) is 77.4 Å². The second kappa shape index (κ2) is 8.14. The van der Waals surface area contributed by atoms with Gasteiger partial charge in [-0.15, -0.1) is 6.42 Å². The molecule has 1 N–H and O–H groups in total. The Kier molecular flexibility index (Phi) is 5.67. The van der Waals surface area contributed by atoms with E-state index < -0.39 is 5.92 Å². The Hall–Kier alpha value is -2.98. The van der Waals surface area contributed by atoms with Gasteiger partial charge in [0.1, 0.15) is 6.61 Å². The number of terminal acetylenes is 1. The molecular formula is C20H17BrN2O4. The Morgan fingerprint density at radius 1 is 1.37 bits per heavy atom. The normalized spacial score (nSPS) is 11.7. The van der Waals surface area contributed by atoms with E-state index in [1.54, 1.807) is 6.07 Å². The van der Waals surface area contributed by atoms with E-state index in [2.05, 4.69) is 26.8 Å². The van der Waals surface area contributed by atoms with E-state index in [1.807, 2.05) is 36.5 Å². The van der Waals surface area contributed by atoms with Crippen molar-refractivity contribution in [1.29, 1.82) is 0 Å². The van der Waals surface area contributed by atoms with Crippen LogP contribution in [0.25, 0.3) is 10.9 Å². The van der Waals surface area contributed by atoms with E-state index in [0.29, 0.717) is 16.0 Å². The van der Waals surface area contributed by atoms with Crippen molar-refractivity contribution < 1.29 is 14.4 Å². The number of rotatable bonds is 7. The zero-order valence-corrected chi connectivity index (χ0v) is 16.2. The first-order chi connectivity index (χ1) is 13.0. The number of nitrogens with zero attached hydrogens (tertiary/aromatic N) is 1. The smallest absolute Gasteiger partial charge is 0.214 e. The highest BCUT2D eigenvalue weighted by Gasteiger charge is 2.25. The molecule has 27 heavy (non-hydrogen) atoms. The van der Waals surface area contributed by atoms with Gasteiger partial charge in [0.15, 0.2) is 11.5 Å². The molecule has 0 aliphatic heterocycles. The summed E-state index contributed by atoms with van der Waals surface area (Å²) in [5.74, 6) is 2.88. The molecule has 3 aromatic rings. The Morgan fingerprint density at radius 2 is 2.15 bits per heavy atom. The highest BCUT2D eigenvalue weighted by Crippen LogP contribution is 2.41. The van der Waals surface area contributed by atoms with E-state index in [0.717, 1.165) is 22.0 Å². The maximum absolute atomic E-state index is 11.4. The third kappa shape index (κ3) is 3.91. The lowest BCUT2D eigenvalue weighted by Gasteiger charge is -2.17. The summed E-state index contributed by atoms with van der Waals surface area (Å²) in [6.07, 6.45) is 7.08. The van der Waals surface area contributed by atoms with Crippen LogP contribution in [-0.4, -0.2) is 30.2 Å². The van der Waals surface area contributed by atoms with E-state index >= 15 is 0 Å². The lowest BCUT2D eigenvalue weighted by molar-refractivity contribution is -0.481. The lowest BCUT2D eigenvalue weighted by atomic mass is 9.90. The Bertz CT molecular complexity index is 1020. The summed E-state index contributed by atoms with van der Waals surface area (Å²) in [5, 5.41) is 12.3. The second-order valence-electron chi connectivity index (χ2n) is 5.88. The minimum absolute atomic E-state index is 0.0923. The number of H-pyrrole nitrogens is 1. The summed E-state index contributed by atoms with van der Waals surface area (Å²) in [7, 11) is 1.52. The maximum atomic E-state index is 11.4. The van der Waals surface area contributed by atoms with Gasteiger partial charge < -0.3 is 14.5 Å². The van der Waals surface area contributed by atoms with Gasteiger partial charge in [-0.25, -0.2) is 0 Å². The predicted molar refractivity (Wildman–Crippen MR) is 107 cm³/mol. The van der Waals surface area contributed by atoms with Crippen LogP contribution in [0.4, 0.5) is 0 Å². The van der Waals surface area contributed by atoms with Crippen molar-refractivity contribution in [3.63, 3.8) is 0 Å². The number of hydrogen-bond acceptors (Lipinski definition) is 4. The highest BCUT2D eigenvalue weighted by atomic mass is 79.9. The molecule has 2 aromatic carbocycles. The number of para-hydroxylation sites is 1. The Labute approximate surface area is 164 Å². The SMILES string of the molecule is C#CCOc1c(Br)cc([C@@H](C[N+](=O)[O-])c2c[nH]c3ccccc23)cc1OC. The summed E-state index contributed by atoms with van der Waals surface area (Å²) in [6.45, 7) is -0.156. The molecule has 0 saturated carbocycles. The van der Waals surface area contributed by atoms with E-state index in [-0.39, 0.29) is 18.1 Å². The molecule has 0 radical (unpaired) electrons. The van der Waals surface area contributed by atoms with Gasteiger partial charge >= 0.3 is 0 Å². The lowest BCUT2D eigenvalue weighted by Crippen LogP contribution is -2.14. The number of nitrogens with one attached hydrogen (secondary N) is 1. The molecule has 6 nitrogen and oxygen atoms in total. The molecule has 1 atom stereocenters. The van der Waals surface area contributed by atoms with Crippen LogP contribution in [0.3, 0.4) is 0 Å². The van der Waals surface area contributed by atoms with Crippen LogP contribution < -0.4 is 9.47 Å². The minimum Gasteiger partial charge on any atom is -0.493 e. The number of aromatic amines is 1. The van der Waals surface area contributed by atoms with Gasteiger partial charge in [-0.3, -0.25) is 10.1 Å². The first-order valence-corrected chi connectivity index (χ1v) is 8.96. The zero-order chi connectivity index (χ0) is 19.4. The summed E-state index contributed by atoms with van der Waals surface area (Å²) in [5.41, 5.74) is 2.53. The van der Waals surface area contributed by atoms with Gasteiger partial charge in [0.05, 0.1) is 17.5 Å². The molecule has 0 spiro atoms. The van der Waals surface area contributed by atoms with Gasteiger partial charge in [0.25, 0.3) is 0 Å². The summed E-state index contributed by atoms with van der Waals surface area (Å²) >= 11 is 3.47.